The van der Waals surface area contributed by atoms with Gasteiger partial charge in [-0.3, -0.25) is 10.2 Å². The molecule has 0 saturated carbocycles. The van der Waals surface area contributed by atoms with Gasteiger partial charge in [-0.1, -0.05) is 12.1 Å². The summed E-state index contributed by atoms with van der Waals surface area (Å²) in [5, 5.41) is 2.22. The van der Waals surface area contributed by atoms with Crippen molar-refractivity contribution in [2.75, 3.05) is 32.6 Å². The second-order valence-corrected chi connectivity index (χ2v) is 7.84. The Hall–Kier alpha value is -2.44. The highest BCUT2D eigenvalue weighted by molar-refractivity contribution is 5.96. The molecule has 0 radical (unpaired) electrons. The minimum atomic E-state index is -0.233. The molecule has 2 aliphatic heterocycles. The fourth-order valence-corrected chi connectivity index (χ4v) is 4.79. The largest absolute Gasteiger partial charge is 0.496 e. The fourth-order valence-electron chi connectivity index (χ4n) is 4.79. The normalized spacial score (nSPS) is 22.5. The average molecular weight is 397 g/mol. The first kappa shape index (κ1) is 19.9. The first-order chi connectivity index (χ1) is 14.0. The number of piperidine rings is 1. The molecule has 1 fully saturated rings. The van der Waals surface area contributed by atoms with Crippen LogP contribution >= 0.6 is 0 Å². The second kappa shape index (κ2) is 8.13. The van der Waals surface area contributed by atoms with Gasteiger partial charge in [0.25, 0.3) is 0 Å². The van der Waals surface area contributed by atoms with E-state index >= 15 is 0 Å². The molecule has 0 aromatic heterocycles. The number of methoxy groups -OCH3 is 1. The number of amides is 1. The number of hydrogen-bond donors (Lipinski definition) is 1. The molecule has 2 aliphatic rings. The molecule has 2 aromatic rings. The van der Waals surface area contributed by atoms with Gasteiger partial charge in [-0.25, -0.2) is 9.40 Å². The Morgan fingerprint density at radius 1 is 1.17 bits per heavy atom. The van der Waals surface area contributed by atoms with Crippen molar-refractivity contribution in [1.82, 2.24) is 10.4 Å². The van der Waals surface area contributed by atoms with Crippen molar-refractivity contribution < 1.29 is 13.9 Å². The maximum atomic E-state index is 13.6. The van der Waals surface area contributed by atoms with E-state index in [1.54, 1.807) is 12.0 Å². The number of nitrogens with zero attached hydrogens (tertiary/aromatic N) is 2. The first-order valence-corrected chi connectivity index (χ1v) is 10.2. The van der Waals surface area contributed by atoms with Gasteiger partial charge in [0.1, 0.15) is 11.6 Å². The van der Waals surface area contributed by atoms with Crippen molar-refractivity contribution in [3.63, 3.8) is 0 Å². The zero-order valence-electron chi connectivity index (χ0n) is 17.2. The van der Waals surface area contributed by atoms with Crippen molar-refractivity contribution in [3.05, 3.63) is 58.9 Å². The lowest BCUT2D eigenvalue weighted by atomic mass is 9.79. The lowest BCUT2D eigenvalue weighted by Crippen LogP contribution is -2.45. The van der Waals surface area contributed by atoms with Crippen molar-refractivity contribution in [3.8, 4) is 5.75 Å². The Labute approximate surface area is 171 Å². The number of hydrazine groups is 1. The van der Waals surface area contributed by atoms with Gasteiger partial charge in [0.2, 0.25) is 5.91 Å². The lowest BCUT2D eigenvalue weighted by molar-refractivity contribution is -0.118. The summed E-state index contributed by atoms with van der Waals surface area (Å²) in [7, 11) is 5.47. The molecule has 4 rings (SSSR count). The molecular weight excluding hydrogens is 369 g/mol. The molecule has 2 heterocycles. The second-order valence-electron chi connectivity index (χ2n) is 7.84. The molecular formula is C23H28FN3O2. The summed E-state index contributed by atoms with van der Waals surface area (Å²) < 4.78 is 19.3. The molecule has 1 N–H and O–H groups in total. The van der Waals surface area contributed by atoms with Gasteiger partial charge in [-0.2, -0.15) is 0 Å². The highest BCUT2D eigenvalue weighted by Gasteiger charge is 2.36. The third kappa shape index (κ3) is 3.63. The highest BCUT2D eigenvalue weighted by atomic mass is 19.1. The van der Waals surface area contributed by atoms with Crippen LogP contribution in [0.2, 0.25) is 0 Å². The van der Waals surface area contributed by atoms with E-state index in [0.29, 0.717) is 6.42 Å². The summed E-state index contributed by atoms with van der Waals surface area (Å²) in [5.41, 5.74) is 7.59. The van der Waals surface area contributed by atoms with Gasteiger partial charge in [-0.15, -0.1) is 0 Å². The number of carbonyl (C=O) groups is 1. The van der Waals surface area contributed by atoms with Crippen LogP contribution in [0.15, 0.2) is 36.4 Å². The average Bonchev–Trinajstić information content (AvgIpc) is 2.75. The van der Waals surface area contributed by atoms with E-state index in [0.717, 1.165) is 53.9 Å². The topological polar surface area (TPSA) is 44.8 Å². The van der Waals surface area contributed by atoms with E-state index in [1.165, 1.54) is 12.1 Å². The summed E-state index contributed by atoms with van der Waals surface area (Å²) in [6.45, 7) is 0.917. The van der Waals surface area contributed by atoms with E-state index < -0.39 is 0 Å². The minimum absolute atomic E-state index is 0.0471. The molecule has 0 bridgehead atoms. The number of rotatable bonds is 4. The van der Waals surface area contributed by atoms with Crippen LogP contribution in [0.5, 0.6) is 5.75 Å². The van der Waals surface area contributed by atoms with Gasteiger partial charge >= 0.3 is 0 Å². The van der Waals surface area contributed by atoms with E-state index in [2.05, 4.69) is 22.6 Å². The highest BCUT2D eigenvalue weighted by Crippen LogP contribution is 2.47. The van der Waals surface area contributed by atoms with Gasteiger partial charge < -0.3 is 9.64 Å². The number of ether oxygens (including phenoxy) is 1. The number of carbonyl (C=O) groups excluding carboxylic acids is 1. The maximum absolute atomic E-state index is 13.6. The SMILES string of the molecule is CNN1CCC[C@@H](c2cc3c(cc2OC)CCC(=O)N3C)[C@H]1c1ccc(F)cc1. The van der Waals surface area contributed by atoms with Crippen LogP contribution in [0.4, 0.5) is 10.1 Å². The van der Waals surface area contributed by atoms with Crippen molar-refractivity contribution >= 4 is 11.6 Å². The molecule has 0 unspecified atom stereocenters. The molecule has 29 heavy (non-hydrogen) atoms. The Balaban J connectivity index is 1.82. The van der Waals surface area contributed by atoms with Gasteiger partial charge in [0, 0.05) is 37.2 Å². The fraction of sp³-hybridized carbons (Fsp3) is 0.435. The molecule has 154 valence electrons. The summed E-state index contributed by atoms with van der Waals surface area (Å²) in [5.74, 6) is 0.932. The predicted octanol–water partition coefficient (Wildman–Crippen LogP) is 3.80. The van der Waals surface area contributed by atoms with Crippen LogP contribution in [0.1, 0.15) is 47.9 Å². The standard InChI is InChI=1S/C23H28FN3O2/c1-25-27-12-4-5-18(23(27)15-6-9-17(24)10-7-15)19-14-20-16(13-21(19)29-3)8-11-22(28)26(20)2/h6-7,9-10,13-14,18,23,25H,4-5,8,11-12H2,1-3H3/t18-,23+/m0/s1. The summed E-state index contributed by atoms with van der Waals surface area (Å²) >= 11 is 0. The van der Waals surface area contributed by atoms with Crippen LogP contribution in [0.3, 0.4) is 0 Å². The molecule has 2 atom stereocenters. The molecule has 6 heteroatoms. The third-order valence-electron chi connectivity index (χ3n) is 6.30. The molecule has 5 nitrogen and oxygen atoms in total. The van der Waals surface area contributed by atoms with Crippen LogP contribution in [0, 0.1) is 5.82 Å². The zero-order valence-corrected chi connectivity index (χ0v) is 17.2. The summed E-state index contributed by atoms with van der Waals surface area (Å²) in [6.07, 6.45) is 3.30. The molecule has 1 saturated heterocycles. The first-order valence-electron chi connectivity index (χ1n) is 10.2. The quantitative estimate of drug-likeness (QED) is 0.852. The molecule has 0 spiro atoms. The number of benzene rings is 2. The van der Waals surface area contributed by atoms with Crippen LogP contribution in [0.25, 0.3) is 0 Å². The Kier molecular flexibility index (Phi) is 5.56. The minimum Gasteiger partial charge on any atom is -0.496 e. The van der Waals surface area contributed by atoms with Crippen LogP contribution in [-0.2, 0) is 11.2 Å². The van der Waals surface area contributed by atoms with Crippen LogP contribution in [-0.4, -0.2) is 38.7 Å². The predicted molar refractivity (Wildman–Crippen MR) is 112 cm³/mol. The number of fused-ring (bicyclic) bond motifs is 1. The van der Waals surface area contributed by atoms with Crippen molar-refractivity contribution in [2.45, 2.75) is 37.6 Å². The van der Waals surface area contributed by atoms with E-state index in [9.17, 15) is 9.18 Å². The summed E-state index contributed by atoms with van der Waals surface area (Å²) in [6, 6.07) is 11.0. The van der Waals surface area contributed by atoms with E-state index in [4.69, 9.17) is 4.74 Å². The van der Waals surface area contributed by atoms with Crippen molar-refractivity contribution in [1.29, 1.82) is 0 Å². The molecule has 0 aliphatic carbocycles. The Morgan fingerprint density at radius 2 is 1.93 bits per heavy atom. The summed E-state index contributed by atoms with van der Waals surface area (Å²) in [4.78, 5) is 14.0. The van der Waals surface area contributed by atoms with Crippen molar-refractivity contribution in [2.24, 2.45) is 0 Å². The number of nitrogens with one attached hydrogen (secondary N) is 1. The van der Waals surface area contributed by atoms with Gasteiger partial charge in [0.05, 0.1) is 13.2 Å². The molecule has 2 aromatic carbocycles. The smallest absolute Gasteiger partial charge is 0.227 e. The number of aryl methyl sites for hydroxylation is 1. The van der Waals surface area contributed by atoms with E-state index in [1.807, 2.05) is 26.2 Å². The van der Waals surface area contributed by atoms with Gasteiger partial charge in [0.15, 0.2) is 0 Å². The Bertz CT molecular complexity index is 900. The Morgan fingerprint density at radius 3 is 2.62 bits per heavy atom. The molecule has 1 amide bonds. The zero-order chi connectivity index (χ0) is 20.5. The van der Waals surface area contributed by atoms with Gasteiger partial charge in [-0.05, 0) is 61.7 Å². The monoisotopic (exact) mass is 397 g/mol. The maximum Gasteiger partial charge on any atom is 0.227 e. The number of halogens is 1. The number of hydrogen-bond acceptors (Lipinski definition) is 4. The third-order valence-corrected chi connectivity index (χ3v) is 6.30. The lowest BCUT2D eigenvalue weighted by Gasteiger charge is -2.42. The van der Waals surface area contributed by atoms with Crippen LogP contribution < -0.4 is 15.1 Å². The number of anilines is 1. The van der Waals surface area contributed by atoms with E-state index in [-0.39, 0.29) is 23.7 Å².